The number of ether oxygens (including phenoxy) is 6. The standard InChI is InChI=1S/C39H52O8/c1-8-27(29-12-17-32(40)18-13-29)23-31(30-16-21-34(35(24-30)42-6)44-25-36(41)47-39(3,4)5)22-26(2)28-14-19-33(20-15-28)45-38-11-9-10-37(43-7)46-38/h12-21,24,26-27,31,37-38,40H,8-11,22-23,25H2,1-7H3. The van der Waals surface area contributed by atoms with Crippen LogP contribution in [0.2, 0.25) is 0 Å². The lowest BCUT2D eigenvalue weighted by Crippen LogP contribution is -2.32. The van der Waals surface area contributed by atoms with Crippen molar-refractivity contribution in [2.75, 3.05) is 20.8 Å². The molecule has 3 aromatic rings. The van der Waals surface area contributed by atoms with E-state index in [1.807, 2.05) is 57.2 Å². The van der Waals surface area contributed by atoms with Gasteiger partial charge >= 0.3 is 5.97 Å². The van der Waals surface area contributed by atoms with Gasteiger partial charge in [0.25, 0.3) is 0 Å². The van der Waals surface area contributed by atoms with E-state index in [0.717, 1.165) is 49.8 Å². The number of esters is 1. The quantitative estimate of drug-likeness (QED) is 0.163. The van der Waals surface area contributed by atoms with Gasteiger partial charge in [-0.2, -0.15) is 0 Å². The number of rotatable bonds is 15. The third kappa shape index (κ3) is 10.9. The molecule has 0 bridgehead atoms. The predicted octanol–water partition coefficient (Wildman–Crippen LogP) is 8.86. The number of benzene rings is 3. The number of methoxy groups -OCH3 is 2. The molecule has 8 heteroatoms. The molecule has 47 heavy (non-hydrogen) atoms. The van der Waals surface area contributed by atoms with E-state index in [1.165, 1.54) is 11.1 Å². The summed E-state index contributed by atoms with van der Waals surface area (Å²) in [6, 6.07) is 21.8. The fraction of sp³-hybridized carbons (Fsp3) is 0.513. The molecule has 5 atom stereocenters. The van der Waals surface area contributed by atoms with E-state index < -0.39 is 11.6 Å². The first kappa shape index (κ1) is 36.1. The number of aromatic hydroxyl groups is 1. The molecule has 0 aromatic heterocycles. The number of hydrogen-bond acceptors (Lipinski definition) is 8. The van der Waals surface area contributed by atoms with Crippen LogP contribution < -0.4 is 14.2 Å². The molecule has 1 heterocycles. The van der Waals surface area contributed by atoms with Crippen molar-refractivity contribution in [2.45, 2.75) is 109 Å². The van der Waals surface area contributed by atoms with Crippen LogP contribution in [0.15, 0.2) is 66.7 Å². The highest BCUT2D eigenvalue weighted by atomic mass is 16.8. The van der Waals surface area contributed by atoms with Crippen molar-refractivity contribution < 1.29 is 38.3 Å². The molecule has 3 aromatic carbocycles. The third-order valence-electron chi connectivity index (χ3n) is 8.65. The Morgan fingerprint density at radius 1 is 0.872 bits per heavy atom. The van der Waals surface area contributed by atoms with Gasteiger partial charge in [-0.05, 0) is 124 Å². The van der Waals surface area contributed by atoms with Gasteiger partial charge in [0.1, 0.15) is 17.1 Å². The van der Waals surface area contributed by atoms with Crippen molar-refractivity contribution >= 4 is 5.97 Å². The molecule has 1 fully saturated rings. The summed E-state index contributed by atoms with van der Waals surface area (Å²) in [5.41, 5.74) is 2.98. The highest BCUT2D eigenvalue weighted by Gasteiger charge is 2.25. The molecule has 4 rings (SSSR count). The van der Waals surface area contributed by atoms with Gasteiger partial charge in [-0.25, -0.2) is 4.79 Å². The van der Waals surface area contributed by atoms with Gasteiger partial charge in [0, 0.05) is 13.5 Å². The van der Waals surface area contributed by atoms with Gasteiger partial charge in [-0.3, -0.25) is 0 Å². The molecular formula is C39H52O8. The second-order valence-corrected chi connectivity index (χ2v) is 13.4. The van der Waals surface area contributed by atoms with E-state index >= 15 is 0 Å². The molecule has 0 spiro atoms. The van der Waals surface area contributed by atoms with Crippen molar-refractivity contribution in [3.63, 3.8) is 0 Å². The lowest BCUT2D eigenvalue weighted by molar-refractivity contribution is -0.232. The van der Waals surface area contributed by atoms with Crippen LogP contribution in [-0.2, 0) is 19.0 Å². The van der Waals surface area contributed by atoms with Gasteiger partial charge < -0.3 is 33.5 Å². The SMILES string of the molecule is CCC(CC(CC(C)c1ccc(OC2CCCC(OC)O2)cc1)c1ccc(OCC(=O)OC(C)(C)C)c(OC)c1)c1ccc(O)cc1. The van der Waals surface area contributed by atoms with Crippen molar-refractivity contribution in [1.82, 2.24) is 0 Å². The molecular weight excluding hydrogens is 596 g/mol. The summed E-state index contributed by atoms with van der Waals surface area (Å²) in [5.74, 6) is 2.42. The van der Waals surface area contributed by atoms with E-state index in [4.69, 9.17) is 28.4 Å². The Bertz CT molecular complexity index is 1400. The van der Waals surface area contributed by atoms with E-state index in [-0.39, 0.29) is 36.8 Å². The Morgan fingerprint density at radius 3 is 2.17 bits per heavy atom. The van der Waals surface area contributed by atoms with Crippen molar-refractivity contribution in [1.29, 1.82) is 0 Å². The normalized spacial score (nSPS) is 18.5. The Labute approximate surface area is 280 Å². The van der Waals surface area contributed by atoms with Gasteiger partial charge in [-0.15, -0.1) is 0 Å². The topological polar surface area (TPSA) is 92.7 Å². The van der Waals surface area contributed by atoms with Gasteiger partial charge in [0.2, 0.25) is 6.29 Å². The molecule has 0 radical (unpaired) electrons. The van der Waals surface area contributed by atoms with Gasteiger partial charge in [0.15, 0.2) is 24.4 Å². The van der Waals surface area contributed by atoms with Crippen LogP contribution in [-0.4, -0.2) is 50.1 Å². The molecule has 1 N–H and O–H groups in total. The second kappa shape index (κ2) is 16.9. The maximum atomic E-state index is 12.3. The van der Waals surface area contributed by atoms with Crippen molar-refractivity contribution in [2.24, 2.45) is 0 Å². The number of carbonyl (C=O) groups excluding carboxylic acids is 1. The summed E-state index contributed by atoms with van der Waals surface area (Å²) in [4.78, 5) is 12.3. The smallest absolute Gasteiger partial charge is 0.344 e. The molecule has 1 aliphatic heterocycles. The zero-order chi connectivity index (χ0) is 34.0. The number of phenols is 1. The summed E-state index contributed by atoms with van der Waals surface area (Å²) in [6.45, 7) is 9.74. The minimum Gasteiger partial charge on any atom is -0.508 e. The minimum absolute atomic E-state index is 0.190. The van der Waals surface area contributed by atoms with Gasteiger partial charge in [-0.1, -0.05) is 44.2 Å². The highest BCUT2D eigenvalue weighted by molar-refractivity contribution is 5.71. The molecule has 1 aliphatic rings. The number of carbonyl (C=O) groups is 1. The summed E-state index contributed by atoms with van der Waals surface area (Å²) < 4.78 is 34.3. The molecule has 5 unspecified atom stereocenters. The fourth-order valence-electron chi connectivity index (χ4n) is 6.17. The van der Waals surface area contributed by atoms with Crippen LogP contribution in [0.5, 0.6) is 23.0 Å². The lowest BCUT2D eigenvalue weighted by Gasteiger charge is -2.29. The van der Waals surface area contributed by atoms with Crippen molar-refractivity contribution in [3.8, 4) is 23.0 Å². The Hall–Kier alpha value is -3.75. The first-order valence-electron chi connectivity index (χ1n) is 16.7. The Balaban J connectivity index is 1.53. The molecule has 0 saturated carbocycles. The summed E-state index contributed by atoms with van der Waals surface area (Å²) in [7, 11) is 3.27. The van der Waals surface area contributed by atoms with Crippen LogP contribution in [0.1, 0.15) is 108 Å². The maximum absolute atomic E-state index is 12.3. The molecule has 256 valence electrons. The summed E-state index contributed by atoms with van der Waals surface area (Å²) in [5, 5.41) is 9.89. The van der Waals surface area contributed by atoms with Crippen molar-refractivity contribution in [3.05, 3.63) is 83.4 Å². The Morgan fingerprint density at radius 2 is 1.53 bits per heavy atom. The van der Waals surface area contributed by atoms with Crippen LogP contribution in [0, 0.1) is 0 Å². The largest absolute Gasteiger partial charge is 0.508 e. The second-order valence-electron chi connectivity index (χ2n) is 13.4. The average molecular weight is 649 g/mol. The third-order valence-corrected chi connectivity index (χ3v) is 8.65. The lowest BCUT2D eigenvalue weighted by atomic mass is 9.78. The Kier molecular flexibility index (Phi) is 13.0. The van der Waals surface area contributed by atoms with E-state index in [2.05, 4.69) is 32.0 Å². The van der Waals surface area contributed by atoms with Crippen LogP contribution in [0.25, 0.3) is 0 Å². The van der Waals surface area contributed by atoms with Gasteiger partial charge in [0.05, 0.1) is 7.11 Å². The van der Waals surface area contributed by atoms with E-state index in [1.54, 1.807) is 26.4 Å². The molecule has 0 aliphatic carbocycles. The zero-order valence-corrected chi connectivity index (χ0v) is 29.0. The zero-order valence-electron chi connectivity index (χ0n) is 29.0. The van der Waals surface area contributed by atoms with Crippen LogP contribution in [0.3, 0.4) is 0 Å². The van der Waals surface area contributed by atoms with E-state index in [0.29, 0.717) is 17.4 Å². The van der Waals surface area contributed by atoms with Crippen LogP contribution in [0.4, 0.5) is 0 Å². The maximum Gasteiger partial charge on any atom is 0.344 e. The first-order valence-corrected chi connectivity index (χ1v) is 16.7. The molecule has 1 saturated heterocycles. The number of phenolic OH excluding ortho intramolecular Hbond substituents is 1. The minimum atomic E-state index is -0.587. The molecule has 0 amide bonds. The summed E-state index contributed by atoms with van der Waals surface area (Å²) >= 11 is 0. The highest BCUT2D eigenvalue weighted by Crippen LogP contribution is 2.41. The average Bonchev–Trinajstić information content (AvgIpc) is 3.05. The monoisotopic (exact) mass is 648 g/mol. The van der Waals surface area contributed by atoms with E-state index in [9.17, 15) is 9.90 Å². The first-order chi connectivity index (χ1) is 22.5. The predicted molar refractivity (Wildman–Crippen MR) is 182 cm³/mol. The van der Waals surface area contributed by atoms with Crippen LogP contribution >= 0.6 is 0 Å². The summed E-state index contributed by atoms with van der Waals surface area (Å²) in [6.07, 6.45) is 4.97. The number of hydrogen-bond donors (Lipinski definition) is 1. The molecule has 8 nitrogen and oxygen atoms in total. The fourth-order valence-corrected chi connectivity index (χ4v) is 6.17.